The van der Waals surface area contributed by atoms with E-state index in [-0.39, 0.29) is 17.0 Å². The van der Waals surface area contributed by atoms with Gasteiger partial charge in [0.2, 0.25) is 0 Å². The number of esters is 2. The first-order valence-electron chi connectivity index (χ1n) is 9.78. The molecule has 0 fully saturated rings. The molecule has 1 aromatic carbocycles. The molecule has 0 radical (unpaired) electrons. The number of aromatic nitrogens is 2. The second kappa shape index (κ2) is 10.00. The van der Waals surface area contributed by atoms with Crippen LogP contribution in [0, 0.1) is 12.8 Å². The Hall–Kier alpha value is -3.23. The minimum Gasteiger partial charge on any atom is -0.467 e. The summed E-state index contributed by atoms with van der Waals surface area (Å²) in [5, 5.41) is 2.54. The normalized spacial score (nSPS) is 12.8. The van der Waals surface area contributed by atoms with Gasteiger partial charge in [0, 0.05) is 6.54 Å². The van der Waals surface area contributed by atoms with Gasteiger partial charge in [-0.25, -0.2) is 14.6 Å². The molecule has 2 aromatic rings. The first kappa shape index (κ1) is 23.1. The molecule has 0 spiro atoms. The van der Waals surface area contributed by atoms with Crippen molar-refractivity contribution >= 4 is 28.9 Å². The third kappa shape index (κ3) is 5.03. The summed E-state index contributed by atoms with van der Waals surface area (Å²) in [5.41, 5.74) is 1.44. The summed E-state index contributed by atoms with van der Waals surface area (Å²) in [5.74, 6) is -2.00. The summed E-state index contributed by atoms with van der Waals surface area (Å²) >= 11 is 0. The molecule has 30 heavy (non-hydrogen) atoms. The van der Waals surface area contributed by atoms with Gasteiger partial charge in [-0.3, -0.25) is 9.59 Å². The van der Waals surface area contributed by atoms with Crippen LogP contribution in [0.3, 0.4) is 0 Å². The first-order valence-corrected chi connectivity index (χ1v) is 9.78. The molecule has 1 N–H and O–H groups in total. The molecule has 2 atom stereocenters. The predicted molar refractivity (Wildman–Crippen MR) is 110 cm³/mol. The Kier molecular flexibility index (Phi) is 7.68. The Labute approximate surface area is 174 Å². The number of hydrogen-bond acceptors (Lipinski definition) is 7. The lowest BCUT2D eigenvalue weighted by atomic mass is 9.99. The van der Waals surface area contributed by atoms with Gasteiger partial charge in [-0.05, 0) is 38.0 Å². The van der Waals surface area contributed by atoms with E-state index in [9.17, 15) is 19.2 Å². The van der Waals surface area contributed by atoms with Gasteiger partial charge in [-0.1, -0.05) is 20.3 Å². The van der Waals surface area contributed by atoms with Crippen LogP contribution in [0.25, 0.3) is 11.0 Å². The van der Waals surface area contributed by atoms with Crippen molar-refractivity contribution in [2.24, 2.45) is 5.92 Å². The number of nitrogens with one attached hydrogen (secondary N) is 1. The van der Waals surface area contributed by atoms with Crippen molar-refractivity contribution in [1.82, 2.24) is 14.9 Å². The van der Waals surface area contributed by atoms with Gasteiger partial charge >= 0.3 is 11.9 Å². The summed E-state index contributed by atoms with van der Waals surface area (Å²) in [6.07, 6.45) is 0.659. The maximum atomic E-state index is 12.4. The van der Waals surface area contributed by atoms with Gasteiger partial charge in [0.25, 0.3) is 11.5 Å². The summed E-state index contributed by atoms with van der Waals surface area (Å²) in [6, 6.07) is 3.84. The number of fused-ring (bicyclic) bond motifs is 1. The second-order valence-electron chi connectivity index (χ2n) is 6.98. The zero-order chi connectivity index (χ0) is 22.4. The van der Waals surface area contributed by atoms with Crippen molar-refractivity contribution < 1.29 is 23.9 Å². The van der Waals surface area contributed by atoms with Crippen molar-refractivity contribution in [3.8, 4) is 0 Å². The van der Waals surface area contributed by atoms with E-state index < -0.39 is 30.5 Å². The van der Waals surface area contributed by atoms with Gasteiger partial charge < -0.3 is 19.4 Å². The number of rotatable bonds is 8. The van der Waals surface area contributed by atoms with Gasteiger partial charge in [-0.15, -0.1) is 0 Å². The molecule has 0 aliphatic carbocycles. The number of methoxy groups -OCH3 is 1. The van der Waals surface area contributed by atoms with Crippen molar-refractivity contribution in [2.45, 2.75) is 46.7 Å². The summed E-state index contributed by atoms with van der Waals surface area (Å²) in [4.78, 5) is 52.8. The maximum absolute atomic E-state index is 12.4. The predicted octanol–water partition coefficient (Wildman–Crippen LogP) is 1.59. The second-order valence-corrected chi connectivity index (χ2v) is 6.98. The molecule has 1 heterocycles. The molecule has 0 saturated heterocycles. The fraction of sp³-hybridized carbons (Fsp3) is 0.476. The number of aryl methyl sites for hydroxylation is 2. The Morgan fingerprint density at radius 2 is 1.93 bits per heavy atom. The van der Waals surface area contributed by atoms with E-state index in [1.807, 2.05) is 20.8 Å². The Morgan fingerprint density at radius 3 is 2.53 bits per heavy atom. The van der Waals surface area contributed by atoms with Crippen LogP contribution in [0.15, 0.2) is 23.0 Å². The van der Waals surface area contributed by atoms with Crippen molar-refractivity contribution in [1.29, 1.82) is 0 Å². The maximum Gasteiger partial charge on any atom is 0.338 e. The highest BCUT2D eigenvalue weighted by atomic mass is 16.5. The van der Waals surface area contributed by atoms with E-state index >= 15 is 0 Å². The van der Waals surface area contributed by atoms with Gasteiger partial charge in [0.05, 0.1) is 23.7 Å². The lowest BCUT2D eigenvalue weighted by Crippen LogP contribution is -2.47. The highest BCUT2D eigenvalue weighted by Gasteiger charge is 2.27. The number of amides is 1. The van der Waals surface area contributed by atoms with Crippen LogP contribution in [0.2, 0.25) is 0 Å². The highest BCUT2D eigenvalue weighted by molar-refractivity contribution is 5.95. The topological polar surface area (TPSA) is 117 Å². The molecular weight excluding hydrogens is 390 g/mol. The van der Waals surface area contributed by atoms with E-state index in [1.54, 1.807) is 17.6 Å². The van der Waals surface area contributed by atoms with Crippen molar-refractivity contribution in [2.75, 3.05) is 13.7 Å². The number of nitrogens with zero attached hydrogens (tertiary/aromatic N) is 2. The average Bonchev–Trinajstić information content (AvgIpc) is 2.75. The summed E-state index contributed by atoms with van der Waals surface area (Å²) in [6.45, 7) is 7.09. The van der Waals surface area contributed by atoms with Crippen LogP contribution in [0.1, 0.15) is 43.2 Å². The Morgan fingerprint density at radius 1 is 1.23 bits per heavy atom. The van der Waals surface area contributed by atoms with Crippen LogP contribution in [-0.4, -0.2) is 47.2 Å². The van der Waals surface area contributed by atoms with E-state index in [0.29, 0.717) is 29.7 Å². The molecule has 0 bridgehead atoms. The van der Waals surface area contributed by atoms with Gasteiger partial charge in [0.15, 0.2) is 6.61 Å². The molecular formula is C21H27N3O6. The molecule has 0 unspecified atom stereocenters. The van der Waals surface area contributed by atoms with Gasteiger partial charge in [0.1, 0.15) is 11.7 Å². The molecule has 1 amide bonds. The zero-order valence-corrected chi connectivity index (χ0v) is 17.9. The third-order valence-electron chi connectivity index (χ3n) is 4.98. The van der Waals surface area contributed by atoms with Crippen LogP contribution in [-0.2, 0) is 25.6 Å². The molecule has 162 valence electrons. The minimum atomic E-state index is -0.815. The standard InChI is InChI=1S/C21H27N3O6/c1-6-12(3)18(21(28)29-5)23-17(25)11-30-20(27)14-8-9-16-15(10-14)22-13(4)19(26)24(16)7-2/h8-10,12,18H,6-7,11H2,1-5H3,(H,23,25)/t12-,18-/m1/s1. The fourth-order valence-corrected chi connectivity index (χ4v) is 3.04. The number of ether oxygens (including phenoxy) is 2. The molecule has 1 aromatic heterocycles. The summed E-state index contributed by atoms with van der Waals surface area (Å²) in [7, 11) is 1.25. The lowest BCUT2D eigenvalue weighted by molar-refractivity contribution is -0.147. The van der Waals surface area contributed by atoms with E-state index in [0.717, 1.165) is 0 Å². The highest BCUT2D eigenvalue weighted by Crippen LogP contribution is 2.14. The van der Waals surface area contributed by atoms with E-state index in [4.69, 9.17) is 9.47 Å². The average molecular weight is 417 g/mol. The molecule has 0 aliphatic heterocycles. The van der Waals surface area contributed by atoms with Crippen molar-refractivity contribution in [3.05, 3.63) is 39.8 Å². The molecule has 2 rings (SSSR count). The van der Waals surface area contributed by atoms with Gasteiger partial charge in [-0.2, -0.15) is 0 Å². The molecule has 9 heteroatoms. The number of benzene rings is 1. The van der Waals surface area contributed by atoms with E-state index in [2.05, 4.69) is 10.3 Å². The van der Waals surface area contributed by atoms with Crippen molar-refractivity contribution in [3.63, 3.8) is 0 Å². The van der Waals surface area contributed by atoms with Crippen LogP contribution < -0.4 is 10.9 Å². The number of carbonyl (C=O) groups is 3. The first-order chi connectivity index (χ1) is 14.2. The van der Waals surface area contributed by atoms with Crippen LogP contribution in [0.4, 0.5) is 0 Å². The Balaban J connectivity index is 2.11. The van der Waals surface area contributed by atoms with Crippen LogP contribution >= 0.6 is 0 Å². The SMILES string of the molecule is CC[C@@H](C)[C@@H](NC(=O)COC(=O)c1ccc2c(c1)nc(C)c(=O)n2CC)C(=O)OC. The zero-order valence-electron chi connectivity index (χ0n) is 17.9. The fourth-order valence-electron chi connectivity index (χ4n) is 3.04. The monoisotopic (exact) mass is 417 g/mol. The molecule has 0 aliphatic rings. The largest absolute Gasteiger partial charge is 0.467 e. The summed E-state index contributed by atoms with van der Waals surface area (Å²) < 4.78 is 11.4. The number of carbonyl (C=O) groups excluding carboxylic acids is 3. The minimum absolute atomic E-state index is 0.136. The number of hydrogen-bond donors (Lipinski definition) is 1. The Bertz CT molecular complexity index is 1010. The third-order valence-corrected chi connectivity index (χ3v) is 4.98. The molecule has 9 nitrogen and oxygen atoms in total. The van der Waals surface area contributed by atoms with Crippen LogP contribution in [0.5, 0.6) is 0 Å². The lowest BCUT2D eigenvalue weighted by Gasteiger charge is -2.21. The van der Waals surface area contributed by atoms with E-state index in [1.165, 1.54) is 19.2 Å². The smallest absolute Gasteiger partial charge is 0.338 e. The quantitative estimate of drug-likeness (QED) is 0.648. The molecule has 0 saturated carbocycles.